The first-order valence-corrected chi connectivity index (χ1v) is 11.2. The van der Waals surface area contributed by atoms with E-state index in [9.17, 15) is 9.59 Å². The van der Waals surface area contributed by atoms with Crippen molar-refractivity contribution in [3.05, 3.63) is 87.6 Å². The monoisotopic (exact) mass is 431 g/mol. The number of piperidine rings is 1. The van der Waals surface area contributed by atoms with E-state index in [-0.39, 0.29) is 17.4 Å². The van der Waals surface area contributed by atoms with E-state index in [1.807, 2.05) is 75.7 Å². The molecule has 32 heavy (non-hydrogen) atoms. The molecule has 0 aliphatic carbocycles. The van der Waals surface area contributed by atoms with Gasteiger partial charge in [0.2, 0.25) is 0 Å². The lowest BCUT2D eigenvalue weighted by molar-refractivity contribution is 0.0594. The molecule has 1 fully saturated rings. The van der Waals surface area contributed by atoms with Crippen molar-refractivity contribution in [2.75, 3.05) is 27.2 Å². The number of rotatable bonds is 5. The molecule has 1 aromatic carbocycles. The zero-order valence-electron chi connectivity index (χ0n) is 18.6. The third kappa shape index (κ3) is 4.00. The lowest BCUT2D eigenvalue weighted by Crippen LogP contribution is -2.49. The van der Waals surface area contributed by atoms with E-state index in [0.717, 1.165) is 23.2 Å². The maximum atomic E-state index is 13.4. The van der Waals surface area contributed by atoms with Gasteiger partial charge in [0.15, 0.2) is 0 Å². The molecule has 7 heteroatoms. The molecule has 1 amide bonds. The summed E-state index contributed by atoms with van der Waals surface area (Å²) in [7, 11) is 3.96. The van der Waals surface area contributed by atoms with Crippen LogP contribution in [0.4, 0.5) is 0 Å². The zero-order valence-corrected chi connectivity index (χ0v) is 18.6. The molecule has 4 heterocycles. The van der Waals surface area contributed by atoms with Gasteiger partial charge in [0.1, 0.15) is 0 Å². The van der Waals surface area contributed by atoms with E-state index in [4.69, 9.17) is 0 Å². The third-order valence-corrected chi connectivity index (χ3v) is 6.53. The second-order valence-electron chi connectivity index (χ2n) is 9.35. The Balaban J connectivity index is 1.36. The van der Waals surface area contributed by atoms with Crippen molar-refractivity contribution in [2.24, 2.45) is 5.92 Å². The van der Waals surface area contributed by atoms with Crippen molar-refractivity contribution >= 4 is 5.91 Å². The number of likely N-dealkylation sites (tertiary alicyclic amines) is 1. The summed E-state index contributed by atoms with van der Waals surface area (Å²) < 4.78 is 3.82. The number of amides is 1. The molecule has 5 rings (SSSR count). The molecule has 166 valence electrons. The molecule has 2 atom stereocenters. The van der Waals surface area contributed by atoms with Gasteiger partial charge in [-0.2, -0.15) is 5.10 Å². The molecule has 7 nitrogen and oxygen atoms in total. The summed E-state index contributed by atoms with van der Waals surface area (Å²) in [4.78, 5) is 30.4. The number of aromatic nitrogens is 3. The highest BCUT2D eigenvalue weighted by Gasteiger charge is 2.36. The van der Waals surface area contributed by atoms with Crippen LogP contribution in [-0.2, 0) is 19.6 Å². The molecule has 0 spiro atoms. The third-order valence-electron chi connectivity index (χ3n) is 6.53. The number of nitrogens with zero attached hydrogens (tertiary/aromatic N) is 5. The first-order valence-electron chi connectivity index (χ1n) is 11.2. The lowest BCUT2D eigenvalue weighted by Gasteiger charge is -2.43. The molecule has 2 aliphatic rings. The quantitative estimate of drug-likeness (QED) is 0.623. The lowest BCUT2D eigenvalue weighted by atomic mass is 9.82. The second kappa shape index (κ2) is 8.39. The van der Waals surface area contributed by atoms with Crippen LogP contribution >= 0.6 is 0 Å². The Hall–Kier alpha value is -3.19. The van der Waals surface area contributed by atoms with Crippen molar-refractivity contribution in [2.45, 2.75) is 32.0 Å². The molecule has 0 N–H and O–H groups in total. The van der Waals surface area contributed by atoms with Crippen LogP contribution < -0.4 is 5.56 Å². The van der Waals surface area contributed by atoms with Gasteiger partial charge >= 0.3 is 0 Å². The number of fused-ring (bicyclic) bond motifs is 4. The van der Waals surface area contributed by atoms with Gasteiger partial charge in [0.05, 0.1) is 6.54 Å². The fraction of sp³-hybridized carbons (Fsp3) is 0.400. The van der Waals surface area contributed by atoms with E-state index in [1.165, 1.54) is 0 Å². The van der Waals surface area contributed by atoms with Crippen LogP contribution in [0.5, 0.6) is 0 Å². The van der Waals surface area contributed by atoms with Crippen LogP contribution in [0.1, 0.15) is 39.5 Å². The van der Waals surface area contributed by atoms with Gasteiger partial charge in [-0.05, 0) is 56.3 Å². The maximum absolute atomic E-state index is 13.4. The molecule has 0 saturated carbocycles. The van der Waals surface area contributed by atoms with Gasteiger partial charge in [-0.25, -0.2) is 0 Å². The second-order valence-corrected chi connectivity index (χ2v) is 9.35. The minimum atomic E-state index is 0.0713. The van der Waals surface area contributed by atoms with Crippen LogP contribution in [0.3, 0.4) is 0 Å². The van der Waals surface area contributed by atoms with Gasteiger partial charge in [0.25, 0.3) is 11.5 Å². The minimum absolute atomic E-state index is 0.0713. The molecule has 2 bridgehead atoms. The normalized spacial score (nSPS) is 19.8. The molecule has 0 radical (unpaired) electrons. The summed E-state index contributed by atoms with van der Waals surface area (Å²) in [6.45, 7) is 3.33. The molecule has 2 aliphatic heterocycles. The number of pyridine rings is 1. The largest absolute Gasteiger partial charge is 0.338 e. The fourth-order valence-electron chi connectivity index (χ4n) is 5.18. The van der Waals surface area contributed by atoms with Crippen molar-refractivity contribution in [3.63, 3.8) is 0 Å². The van der Waals surface area contributed by atoms with Gasteiger partial charge in [-0.3, -0.25) is 14.3 Å². The van der Waals surface area contributed by atoms with E-state index in [1.54, 1.807) is 6.20 Å². The number of carbonyl (C=O) groups excluding carboxylic acids is 1. The molecule has 0 unspecified atom stereocenters. The predicted octanol–water partition coefficient (Wildman–Crippen LogP) is 2.41. The van der Waals surface area contributed by atoms with E-state index in [0.29, 0.717) is 44.2 Å². The Morgan fingerprint density at radius 1 is 1.12 bits per heavy atom. The van der Waals surface area contributed by atoms with Gasteiger partial charge in [-0.1, -0.05) is 18.2 Å². The number of hydrogen-bond acceptors (Lipinski definition) is 4. The Kier molecular flexibility index (Phi) is 5.43. The average molecular weight is 432 g/mol. The average Bonchev–Trinajstić information content (AvgIpc) is 3.28. The van der Waals surface area contributed by atoms with Crippen molar-refractivity contribution in [3.8, 4) is 0 Å². The molecular weight excluding hydrogens is 402 g/mol. The summed E-state index contributed by atoms with van der Waals surface area (Å²) in [6, 6.07) is 13.8. The Morgan fingerprint density at radius 2 is 2.00 bits per heavy atom. The van der Waals surface area contributed by atoms with Crippen LogP contribution in [0.25, 0.3) is 0 Å². The first kappa shape index (κ1) is 20.7. The van der Waals surface area contributed by atoms with Gasteiger partial charge in [-0.15, -0.1) is 0 Å². The van der Waals surface area contributed by atoms with Crippen molar-refractivity contribution in [1.29, 1.82) is 0 Å². The van der Waals surface area contributed by atoms with Gasteiger partial charge < -0.3 is 14.4 Å². The maximum Gasteiger partial charge on any atom is 0.255 e. The number of benzene rings is 1. The van der Waals surface area contributed by atoms with Crippen molar-refractivity contribution in [1.82, 2.24) is 24.1 Å². The molecule has 3 aromatic rings. The standard InChI is InChI=1S/C25H29N5O2/c1-27(2)16-21-7-8-23-22-12-19(15-30(23)25(21)32)13-28(17-22)24(31)20-6-3-5-18(11-20)14-29-10-4-9-26-29/h3-11,19,22H,12-17H2,1-2H3/t19-,22+/m0/s1. The summed E-state index contributed by atoms with van der Waals surface area (Å²) in [5.74, 6) is 0.589. The Bertz CT molecular complexity index is 1180. The van der Waals surface area contributed by atoms with E-state index < -0.39 is 0 Å². The highest BCUT2D eigenvalue weighted by atomic mass is 16.2. The summed E-state index contributed by atoms with van der Waals surface area (Å²) in [5.41, 5.74) is 3.80. The number of hydrogen-bond donors (Lipinski definition) is 0. The first-order chi connectivity index (χ1) is 15.5. The fourth-order valence-corrected chi connectivity index (χ4v) is 5.18. The van der Waals surface area contributed by atoms with Crippen LogP contribution in [-0.4, -0.2) is 57.2 Å². The Labute approximate surface area is 187 Å². The van der Waals surface area contributed by atoms with E-state index in [2.05, 4.69) is 11.2 Å². The van der Waals surface area contributed by atoms with Crippen molar-refractivity contribution < 1.29 is 4.79 Å². The summed E-state index contributed by atoms with van der Waals surface area (Å²) in [5, 5.41) is 4.26. The smallest absolute Gasteiger partial charge is 0.255 e. The minimum Gasteiger partial charge on any atom is -0.338 e. The van der Waals surface area contributed by atoms with Gasteiger partial charge in [0, 0.05) is 61.3 Å². The predicted molar refractivity (Wildman–Crippen MR) is 123 cm³/mol. The van der Waals surface area contributed by atoms with Crippen LogP contribution in [0.2, 0.25) is 0 Å². The zero-order chi connectivity index (χ0) is 22.2. The Morgan fingerprint density at radius 3 is 2.78 bits per heavy atom. The molecular formula is C25H29N5O2. The van der Waals surface area contributed by atoms with E-state index >= 15 is 0 Å². The summed E-state index contributed by atoms with van der Waals surface area (Å²) in [6.07, 6.45) is 4.72. The topological polar surface area (TPSA) is 63.4 Å². The van der Waals surface area contributed by atoms with Crippen LogP contribution in [0, 0.1) is 5.92 Å². The van der Waals surface area contributed by atoms with Crippen LogP contribution in [0.15, 0.2) is 59.7 Å². The SMILES string of the molecule is CN(C)Cc1ccc2n(c1=O)C[C@H]1C[C@@H]2CN(C(=O)c2cccc(Cn3cccn3)c2)C1. The molecule has 1 saturated heterocycles. The molecule has 2 aromatic heterocycles. The number of carbonyl (C=O) groups is 1. The highest BCUT2D eigenvalue weighted by Crippen LogP contribution is 2.35. The highest BCUT2D eigenvalue weighted by molar-refractivity contribution is 5.94. The summed E-state index contributed by atoms with van der Waals surface area (Å²) >= 11 is 0.